The zero-order chi connectivity index (χ0) is 22.2. The molecule has 3 aromatic carbocycles. The van der Waals surface area contributed by atoms with Crippen LogP contribution in [0.2, 0.25) is 0 Å². The maximum atomic E-state index is 13.4. The molecule has 0 radical (unpaired) electrons. The minimum atomic E-state index is -0.635. The number of phenols is 1. The summed E-state index contributed by atoms with van der Waals surface area (Å²) in [6.07, 6.45) is 0.590. The van der Waals surface area contributed by atoms with Gasteiger partial charge in [0.1, 0.15) is 17.1 Å². The second-order valence-corrected chi connectivity index (χ2v) is 7.76. The summed E-state index contributed by atoms with van der Waals surface area (Å²) in [5.74, 6) is 0.572. The van der Waals surface area contributed by atoms with Gasteiger partial charge in [0.05, 0.1) is 24.1 Å². The number of benzene rings is 3. The summed E-state index contributed by atoms with van der Waals surface area (Å²) < 4.78 is 11.1. The van der Waals surface area contributed by atoms with Crippen LogP contribution in [0.25, 0.3) is 11.0 Å². The summed E-state index contributed by atoms with van der Waals surface area (Å²) in [7, 11) is 1.61. The summed E-state index contributed by atoms with van der Waals surface area (Å²) in [6, 6.07) is 20.6. The molecule has 0 unspecified atom stereocenters. The number of aromatic hydroxyl groups is 1. The van der Waals surface area contributed by atoms with Crippen molar-refractivity contribution in [2.24, 2.45) is 0 Å². The van der Waals surface area contributed by atoms with Gasteiger partial charge in [0.15, 0.2) is 5.43 Å². The van der Waals surface area contributed by atoms with Crippen LogP contribution in [0.1, 0.15) is 33.3 Å². The predicted molar refractivity (Wildman–Crippen MR) is 120 cm³/mol. The first-order chi connectivity index (χ1) is 15.6. The van der Waals surface area contributed by atoms with Crippen LogP contribution in [0.4, 0.5) is 0 Å². The first kappa shape index (κ1) is 19.9. The van der Waals surface area contributed by atoms with E-state index in [0.717, 1.165) is 11.3 Å². The average molecular weight is 427 g/mol. The van der Waals surface area contributed by atoms with Crippen molar-refractivity contribution in [2.45, 2.75) is 12.5 Å². The minimum absolute atomic E-state index is 0.0665. The van der Waals surface area contributed by atoms with Crippen LogP contribution in [0.3, 0.4) is 0 Å². The molecule has 6 heteroatoms. The van der Waals surface area contributed by atoms with E-state index in [9.17, 15) is 14.7 Å². The molecule has 0 aliphatic carbocycles. The monoisotopic (exact) mass is 427 g/mol. The van der Waals surface area contributed by atoms with Crippen molar-refractivity contribution in [3.63, 3.8) is 0 Å². The first-order valence-electron chi connectivity index (χ1n) is 10.4. The highest BCUT2D eigenvalue weighted by Gasteiger charge is 2.42. The summed E-state index contributed by atoms with van der Waals surface area (Å²) >= 11 is 0. The number of para-hydroxylation sites is 1. The molecule has 1 aliphatic rings. The van der Waals surface area contributed by atoms with Crippen LogP contribution in [0.5, 0.6) is 11.5 Å². The molecule has 4 aromatic rings. The molecule has 1 N–H and O–H groups in total. The number of amides is 1. The third-order valence-electron chi connectivity index (χ3n) is 5.86. The van der Waals surface area contributed by atoms with Crippen molar-refractivity contribution in [2.75, 3.05) is 13.7 Å². The van der Waals surface area contributed by atoms with Crippen LogP contribution in [-0.4, -0.2) is 29.6 Å². The van der Waals surface area contributed by atoms with E-state index in [1.165, 1.54) is 0 Å². The second-order valence-electron chi connectivity index (χ2n) is 7.76. The van der Waals surface area contributed by atoms with Gasteiger partial charge >= 0.3 is 0 Å². The Morgan fingerprint density at radius 1 is 1.00 bits per heavy atom. The van der Waals surface area contributed by atoms with Crippen molar-refractivity contribution in [3.8, 4) is 11.5 Å². The number of carbonyl (C=O) groups is 1. The van der Waals surface area contributed by atoms with Gasteiger partial charge in [0, 0.05) is 6.54 Å². The van der Waals surface area contributed by atoms with Gasteiger partial charge in [0.25, 0.3) is 5.91 Å². The Hall–Kier alpha value is -4.06. The van der Waals surface area contributed by atoms with Crippen molar-refractivity contribution in [1.82, 2.24) is 4.90 Å². The largest absolute Gasteiger partial charge is 0.508 e. The van der Waals surface area contributed by atoms with Crippen LogP contribution < -0.4 is 10.2 Å². The molecule has 0 spiro atoms. The lowest BCUT2D eigenvalue weighted by Gasteiger charge is -2.25. The molecule has 0 bridgehead atoms. The lowest BCUT2D eigenvalue weighted by atomic mass is 9.98. The van der Waals surface area contributed by atoms with Gasteiger partial charge in [-0.1, -0.05) is 36.4 Å². The molecule has 6 nitrogen and oxygen atoms in total. The molecular weight excluding hydrogens is 406 g/mol. The molecule has 1 atom stereocenters. The van der Waals surface area contributed by atoms with E-state index in [-0.39, 0.29) is 22.8 Å². The highest BCUT2D eigenvalue weighted by molar-refractivity contribution is 5.99. The highest BCUT2D eigenvalue weighted by atomic mass is 16.5. The van der Waals surface area contributed by atoms with Gasteiger partial charge in [-0.05, 0) is 53.9 Å². The van der Waals surface area contributed by atoms with Crippen LogP contribution in [-0.2, 0) is 6.42 Å². The molecule has 1 amide bonds. The van der Waals surface area contributed by atoms with E-state index < -0.39 is 6.04 Å². The van der Waals surface area contributed by atoms with E-state index >= 15 is 0 Å². The number of methoxy groups -OCH3 is 1. The predicted octanol–water partition coefficient (Wildman–Crippen LogP) is 4.30. The molecule has 2 heterocycles. The molecule has 0 fully saturated rings. The maximum Gasteiger partial charge on any atom is 0.290 e. The standard InChI is InChI=1S/C26H21NO5/c1-31-19-11-9-16(10-12-19)13-14-27-23(17-5-4-6-18(28)15-17)22-24(29)20-7-2-3-8-21(20)32-25(22)26(27)30/h2-12,15,23,28H,13-14H2,1H3/t23-/m0/s1. The number of hydrogen-bond acceptors (Lipinski definition) is 5. The first-order valence-corrected chi connectivity index (χ1v) is 10.4. The quantitative estimate of drug-likeness (QED) is 0.514. The SMILES string of the molecule is COc1ccc(CCN2C(=O)c3oc4ccccc4c(=O)c3[C@@H]2c2cccc(O)c2)cc1. The van der Waals surface area contributed by atoms with E-state index in [0.29, 0.717) is 35.1 Å². The van der Waals surface area contributed by atoms with Gasteiger partial charge in [-0.2, -0.15) is 0 Å². The number of carbonyl (C=O) groups excluding carboxylic acids is 1. The number of fused-ring (bicyclic) bond motifs is 2. The number of nitrogens with zero attached hydrogens (tertiary/aromatic N) is 1. The normalized spacial score (nSPS) is 15.2. The molecule has 160 valence electrons. The third kappa shape index (κ3) is 3.30. The average Bonchev–Trinajstić information content (AvgIpc) is 3.10. The highest BCUT2D eigenvalue weighted by Crippen LogP contribution is 2.39. The Bertz CT molecular complexity index is 1370. The number of hydrogen-bond donors (Lipinski definition) is 1. The van der Waals surface area contributed by atoms with Gasteiger partial charge < -0.3 is 19.2 Å². The zero-order valence-corrected chi connectivity index (χ0v) is 17.4. The Morgan fingerprint density at radius 2 is 1.78 bits per heavy atom. The molecule has 1 aliphatic heterocycles. The van der Waals surface area contributed by atoms with Gasteiger partial charge in [-0.15, -0.1) is 0 Å². The molecule has 1 aromatic heterocycles. The Labute approximate surface area is 184 Å². The number of rotatable bonds is 5. The van der Waals surface area contributed by atoms with E-state index in [1.54, 1.807) is 54.5 Å². The van der Waals surface area contributed by atoms with Crippen molar-refractivity contribution < 1.29 is 19.1 Å². The number of ether oxygens (including phenoxy) is 1. The number of phenolic OH excluding ortho intramolecular Hbond substituents is 1. The Kier molecular flexibility index (Phi) is 4.90. The second kappa shape index (κ2) is 7.89. The van der Waals surface area contributed by atoms with Crippen molar-refractivity contribution in [1.29, 1.82) is 0 Å². The van der Waals surface area contributed by atoms with Gasteiger partial charge in [-0.25, -0.2) is 0 Å². The van der Waals surface area contributed by atoms with Crippen LogP contribution in [0.15, 0.2) is 82.0 Å². The van der Waals surface area contributed by atoms with Crippen molar-refractivity contribution in [3.05, 3.63) is 105 Å². The van der Waals surface area contributed by atoms with Crippen LogP contribution >= 0.6 is 0 Å². The minimum Gasteiger partial charge on any atom is -0.508 e. The summed E-state index contributed by atoms with van der Waals surface area (Å²) in [5, 5.41) is 10.5. The fraction of sp³-hybridized carbons (Fsp3) is 0.154. The molecule has 5 rings (SSSR count). The third-order valence-corrected chi connectivity index (χ3v) is 5.86. The van der Waals surface area contributed by atoms with Crippen molar-refractivity contribution >= 4 is 16.9 Å². The smallest absolute Gasteiger partial charge is 0.290 e. The summed E-state index contributed by atoms with van der Waals surface area (Å²) in [6.45, 7) is 0.380. The fourth-order valence-electron chi connectivity index (χ4n) is 4.28. The molecule has 32 heavy (non-hydrogen) atoms. The maximum absolute atomic E-state index is 13.4. The van der Waals surface area contributed by atoms with Gasteiger partial charge in [0.2, 0.25) is 5.76 Å². The zero-order valence-electron chi connectivity index (χ0n) is 17.4. The van der Waals surface area contributed by atoms with Crippen LogP contribution in [0, 0.1) is 0 Å². The summed E-state index contributed by atoms with van der Waals surface area (Å²) in [5.41, 5.74) is 2.17. The molecule has 0 saturated heterocycles. The Morgan fingerprint density at radius 3 is 2.53 bits per heavy atom. The van der Waals surface area contributed by atoms with E-state index in [1.807, 2.05) is 30.3 Å². The van der Waals surface area contributed by atoms with Gasteiger partial charge in [-0.3, -0.25) is 9.59 Å². The lowest BCUT2D eigenvalue weighted by molar-refractivity contribution is 0.0730. The lowest BCUT2D eigenvalue weighted by Crippen LogP contribution is -2.31. The topological polar surface area (TPSA) is 80.0 Å². The fourth-order valence-corrected chi connectivity index (χ4v) is 4.28. The van der Waals surface area contributed by atoms with E-state index in [2.05, 4.69) is 0 Å². The summed E-state index contributed by atoms with van der Waals surface area (Å²) in [4.78, 5) is 28.4. The van der Waals surface area contributed by atoms with E-state index in [4.69, 9.17) is 9.15 Å². The molecular formula is C26H21NO5. The Balaban J connectivity index is 1.59. The molecule has 0 saturated carbocycles.